The van der Waals surface area contributed by atoms with E-state index in [9.17, 15) is 25.0 Å². The molecule has 0 aliphatic carbocycles. The van der Waals surface area contributed by atoms with Gasteiger partial charge in [0.2, 0.25) is 5.91 Å². The zero-order valence-electron chi connectivity index (χ0n) is 18.2. The molecule has 166 valence electrons. The van der Waals surface area contributed by atoms with E-state index in [-0.39, 0.29) is 17.2 Å². The zero-order chi connectivity index (χ0) is 24.1. The lowest BCUT2D eigenvalue weighted by Crippen LogP contribution is -2.13. The van der Waals surface area contributed by atoms with Crippen LogP contribution >= 0.6 is 0 Å². The number of nitro benzene ring substituents is 1. The minimum atomic E-state index is -0.579. The molecule has 0 unspecified atom stereocenters. The molecule has 0 aliphatic rings. The van der Waals surface area contributed by atoms with Crippen molar-refractivity contribution in [2.24, 2.45) is 0 Å². The number of carbonyl (C=O) groups excluding carboxylic acids is 2. The van der Waals surface area contributed by atoms with Gasteiger partial charge in [0, 0.05) is 41.8 Å². The molecular formula is C24H21N5O4. The van der Waals surface area contributed by atoms with E-state index in [4.69, 9.17) is 0 Å². The number of non-ortho nitro benzene ring substituents is 1. The van der Waals surface area contributed by atoms with Crippen molar-refractivity contribution in [3.63, 3.8) is 0 Å². The summed E-state index contributed by atoms with van der Waals surface area (Å²) in [6, 6.07) is 16.5. The summed E-state index contributed by atoms with van der Waals surface area (Å²) in [6.07, 6.45) is 1.48. The third-order valence-electron chi connectivity index (χ3n) is 4.90. The number of nitrogens with one attached hydrogen (secondary N) is 2. The molecule has 3 rings (SSSR count). The van der Waals surface area contributed by atoms with Gasteiger partial charge in [-0.25, -0.2) is 0 Å². The monoisotopic (exact) mass is 443 g/mol. The van der Waals surface area contributed by atoms with Gasteiger partial charge in [-0.1, -0.05) is 6.07 Å². The molecular weight excluding hydrogens is 422 g/mol. The summed E-state index contributed by atoms with van der Waals surface area (Å²) in [7, 11) is 0. The number of anilines is 2. The average molecular weight is 443 g/mol. The molecule has 2 amide bonds. The van der Waals surface area contributed by atoms with Crippen LogP contribution in [-0.2, 0) is 9.59 Å². The molecule has 33 heavy (non-hydrogen) atoms. The molecule has 0 atom stereocenters. The fraction of sp³-hybridized carbons (Fsp3) is 0.125. The maximum atomic E-state index is 12.6. The zero-order valence-corrected chi connectivity index (χ0v) is 18.2. The van der Waals surface area contributed by atoms with Crippen molar-refractivity contribution in [1.29, 1.82) is 5.26 Å². The van der Waals surface area contributed by atoms with E-state index in [1.54, 1.807) is 42.5 Å². The van der Waals surface area contributed by atoms with Gasteiger partial charge in [0.15, 0.2) is 0 Å². The number of nitriles is 1. The first kappa shape index (κ1) is 23.0. The van der Waals surface area contributed by atoms with E-state index in [1.165, 1.54) is 25.1 Å². The summed E-state index contributed by atoms with van der Waals surface area (Å²) in [5, 5.41) is 26.0. The third kappa shape index (κ3) is 5.32. The Kier molecular flexibility index (Phi) is 6.69. The summed E-state index contributed by atoms with van der Waals surface area (Å²) >= 11 is 0. The average Bonchev–Trinajstić information content (AvgIpc) is 3.05. The lowest BCUT2D eigenvalue weighted by Gasteiger charge is -2.09. The Bertz CT molecular complexity index is 1310. The Balaban J connectivity index is 1.87. The Morgan fingerprint density at radius 3 is 2.27 bits per heavy atom. The van der Waals surface area contributed by atoms with Crippen molar-refractivity contribution in [3.8, 4) is 11.8 Å². The van der Waals surface area contributed by atoms with E-state index in [0.717, 1.165) is 11.4 Å². The van der Waals surface area contributed by atoms with Crippen LogP contribution in [0.2, 0.25) is 0 Å². The van der Waals surface area contributed by atoms with Crippen LogP contribution in [0.15, 0.2) is 60.2 Å². The smallest absolute Gasteiger partial charge is 0.271 e. The van der Waals surface area contributed by atoms with Gasteiger partial charge in [-0.05, 0) is 61.9 Å². The first-order valence-electron chi connectivity index (χ1n) is 9.94. The van der Waals surface area contributed by atoms with Gasteiger partial charge in [-0.2, -0.15) is 5.26 Å². The lowest BCUT2D eigenvalue weighted by atomic mass is 10.1. The van der Waals surface area contributed by atoms with Crippen LogP contribution in [-0.4, -0.2) is 21.3 Å². The quantitative estimate of drug-likeness (QED) is 0.251. The number of nitro groups is 1. The largest absolute Gasteiger partial charge is 0.326 e. The first-order chi connectivity index (χ1) is 15.7. The number of nitrogens with zero attached hydrogens (tertiary/aromatic N) is 3. The fourth-order valence-corrected chi connectivity index (χ4v) is 3.42. The molecule has 0 radical (unpaired) electrons. The Labute approximate surface area is 190 Å². The Morgan fingerprint density at radius 2 is 1.70 bits per heavy atom. The number of aromatic nitrogens is 1. The number of hydrogen-bond donors (Lipinski definition) is 2. The standard InChI is InChI=1S/C24H21N5O4/c1-15-11-18(16(2)28(15)22-5-4-6-23(13-22)29(32)33)12-19(14-25)24(31)27-21-9-7-20(8-10-21)26-17(3)30/h4-13H,1-3H3,(H,26,30)(H,27,31)/b19-12+. The molecule has 0 fully saturated rings. The molecule has 3 aromatic rings. The molecule has 0 spiro atoms. The molecule has 0 saturated heterocycles. The number of rotatable bonds is 6. The normalized spacial score (nSPS) is 10.9. The molecule has 2 aromatic carbocycles. The van der Waals surface area contributed by atoms with Crippen molar-refractivity contribution >= 4 is 35.0 Å². The maximum absolute atomic E-state index is 12.6. The van der Waals surface area contributed by atoms with E-state index in [1.807, 2.05) is 24.5 Å². The summed E-state index contributed by atoms with van der Waals surface area (Å²) < 4.78 is 1.83. The topological polar surface area (TPSA) is 130 Å². The number of amides is 2. The second kappa shape index (κ2) is 9.62. The first-order valence-corrected chi connectivity index (χ1v) is 9.94. The van der Waals surface area contributed by atoms with Gasteiger partial charge >= 0.3 is 0 Å². The second-order valence-electron chi connectivity index (χ2n) is 7.32. The van der Waals surface area contributed by atoms with Gasteiger partial charge < -0.3 is 15.2 Å². The predicted molar refractivity (Wildman–Crippen MR) is 125 cm³/mol. The molecule has 9 nitrogen and oxygen atoms in total. The summed E-state index contributed by atoms with van der Waals surface area (Å²) in [5.41, 5.74) is 3.72. The fourth-order valence-electron chi connectivity index (χ4n) is 3.42. The van der Waals surface area contributed by atoms with Crippen LogP contribution in [0.1, 0.15) is 23.9 Å². The molecule has 1 heterocycles. The van der Waals surface area contributed by atoms with Crippen molar-refractivity contribution in [1.82, 2.24) is 4.57 Å². The van der Waals surface area contributed by atoms with Crippen LogP contribution in [0.5, 0.6) is 0 Å². The van der Waals surface area contributed by atoms with Crippen molar-refractivity contribution in [3.05, 3.63) is 87.2 Å². The summed E-state index contributed by atoms with van der Waals surface area (Å²) in [5.74, 6) is -0.783. The highest BCUT2D eigenvalue weighted by atomic mass is 16.6. The molecule has 0 saturated carbocycles. The Hall–Kier alpha value is -4.71. The number of benzene rings is 2. The SMILES string of the molecule is CC(=O)Nc1ccc(NC(=O)/C(C#N)=C/c2cc(C)n(-c3cccc([N+](=O)[O-])c3)c2C)cc1. The molecule has 2 N–H and O–H groups in total. The highest BCUT2D eigenvalue weighted by Gasteiger charge is 2.15. The molecule has 0 bridgehead atoms. The second-order valence-corrected chi connectivity index (χ2v) is 7.32. The van der Waals surface area contributed by atoms with E-state index in [2.05, 4.69) is 10.6 Å². The van der Waals surface area contributed by atoms with Crippen molar-refractivity contribution < 1.29 is 14.5 Å². The highest BCUT2D eigenvalue weighted by molar-refractivity contribution is 6.09. The van der Waals surface area contributed by atoms with Crippen LogP contribution < -0.4 is 10.6 Å². The van der Waals surface area contributed by atoms with Crippen LogP contribution in [0, 0.1) is 35.3 Å². The van der Waals surface area contributed by atoms with E-state index in [0.29, 0.717) is 22.6 Å². The highest BCUT2D eigenvalue weighted by Crippen LogP contribution is 2.25. The van der Waals surface area contributed by atoms with Gasteiger partial charge in [-0.3, -0.25) is 19.7 Å². The predicted octanol–water partition coefficient (Wildman–Crippen LogP) is 4.51. The van der Waals surface area contributed by atoms with Gasteiger partial charge in [0.25, 0.3) is 11.6 Å². The van der Waals surface area contributed by atoms with E-state index < -0.39 is 10.8 Å². The molecule has 0 aliphatic heterocycles. The van der Waals surface area contributed by atoms with E-state index >= 15 is 0 Å². The van der Waals surface area contributed by atoms with Crippen molar-refractivity contribution in [2.45, 2.75) is 20.8 Å². The van der Waals surface area contributed by atoms with Gasteiger partial charge in [0.1, 0.15) is 11.6 Å². The number of aryl methyl sites for hydroxylation is 1. The third-order valence-corrected chi connectivity index (χ3v) is 4.90. The van der Waals surface area contributed by atoms with Gasteiger partial charge in [-0.15, -0.1) is 0 Å². The van der Waals surface area contributed by atoms with Gasteiger partial charge in [0.05, 0.1) is 10.6 Å². The van der Waals surface area contributed by atoms with Crippen LogP contribution in [0.25, 0.3) is 11.8 Å². The van der Waals surface area contributed by atoms with Crippen LogP contribution in [0.4, 0.5) is 17.1 Å². The lowest BCUT2D eigenvalue weighted by molar-refractivity contribution is -0.384. The number of hydrogen-bond acceptors (Lipinski definition) is 5. The Morgan fingerprint density at radius 1 is 1.06 bits per heavy atom. The molecule has 9 heteroatoms. The maximum Gasteiger partial charge on any atom is 0.271 e. The number of carbonyl (C=O) groups is 2. The van der Waals surface area contributed by atoms with Crippen molar-refractivity contribution in [2.75, 3.05) is 10.6 Å². The summed E-state index contributed by atoms with van der Waals surface area (Å²) in [6.45, 7) is 5.05. The van der Waals surface area contributed by atoms with Crippen LogP contribution in [0.3, 0.4) is 0 Å². The minimum absolute atomic E-state index is 0.0290. The minimum Gasteiger partial charge on any atom is -0.326 e. The summed E-state index contributed by atoms with van der Waals surface area (Å²) in [4.78, 5) is 34.4. The molecule has 1 aromatic heterocycles.